The molecule has 0 bridgehead atoms. The summed E-state index contributed by atoms with van der Waals surface area (Å²) in [7, 11) is 0. The second-order valence-electron chi connectivity index (χ2n) is 5.24. The summed E-state index contributed by atoms with van der Waals surface area (Å²) >= 11 is 3.20. The number of aromatic nitrogens is 2. The van der Waals surface area contributed by atoms with Crippen LogP contribution in [0.2, 0.25) is 0 Å². The smallest absolute Gasteiger partial charge is 0.407 e. The number of halogens is 1. The van der Waals surface area contributed by atoms with Gasteiger partial charge >= 0.3 is 6.09 Å². The fourth-order valence-electron chi connectivity index (χ4n) is 1.45. The second-order valence-corrected chi connectivity index (χ2v) is 6.05. The summed E-state index contributed by atoms with van der Waals surface area (Å²) < 4.78 is 7.26. The Hall–Kier alpha value is -1.37. The number of rotatable bonds is 4. The van der Waals surface area contributed by atoms with Gasteiger partial charge in [0.15, 0.2) is 6.29 Å². The van der Waals surface area contributed by atoms with Crippen LogP contribution in [0.1, 0.15) is 38.2 Å². The number of ether oxygens (including phenoxy) is 1. The van der Waals surface area contributed by atoms with Gasteiger partial charge in [-0.15, -0.1) is 0 Å². The molecule has 0 saturated carbocycles. The first-order valence-corrected chi connectivity index (χ1v) is 6.68. The van der Waals surface area contributed by atoms with Crippen molar-refractivity contribution in [1.82, 2.24) is 15.1 Å². The maximum absolute atomic E-state index is 11.6. The molecule has 6 nitrogen and oxygen atoms in total. The molecule has 1 aromatic heterocycles. The number of hydrogen-bond donors (Lipinski definition) is 1. The predicted octanol–water partition coefficient (Wildman–Crippen LogP) is 2.37. The van der Waals surface area contributed by atoms with Crippen molar-refractivity contribution in [1.29, 1.82) is 0 Å². The molecule has 1 atom stereocenters. The van der Waals surface area contributed by atoms with Crippen LogP contribution < -0.4 is 5.32 Å². The van der Waals surface area contributed by atoms with Gasteiger partial charge in [-0.05, 0) is 43.6 Å². The van der Waals surface area contributed by atoms with Crippen molar-refractivity contribution in [3.63, 3.8) is 0 Å². The number of nitrogens with zero attached hydrogens (tertiary/aromatic N) is 2. The van der Waals surface area contributed by atoms with Gasteiger partial charge in [-0.3, -0.25) is 9.48 Å². The summed E-state index contributed by atoms with van der Waals surface area (Å²) in [5.74, 6) is 0. The summed E-state index contributed by atoms with van der Waals surface area (Å²) in [6.07, 6.45) is 0.233. The molecule has 0 unspecified atom stereocenters. The molecule has 106 valence electrons. The van der Waals surface area contributed by atoms with Crippen molar-refractivity contribution in [3.05, 3.63) is 16.4 Å². The minimum atomic E-state index is -0.535. The van der Waals surface area contributed by atoms with Crippen LogP contribution in [0.3, 0.4) is 0 Å². The molecule has 19 heavy (non-hydrogen) atoms. The highest BCUT2D eigenvalue weighted by Gasteiger charge is 2.18. The van der Waals surface area contributed by atoms with Gasteiger partial charge in [0, 0.05) is 12.1 Å². The Kier molecular flexibility index (Phi) is 5.11. The maximum atomic E-state index is 11.6. The lowest BCUT2D eigenvalue weighted by atomic mass is 10.2. The van der Waals surface area contributed by atoms with Gasteiger partial charge in [0.05, 0.1) is 6.54 Å². The van der Waals surface area contributed by atoms with Crippen LogP contribution in [-0.4, -0.2) is 33.8 Å². The molecule has 1 N–H and O–H groups in total. The van der Waals surface area contributed by atoms with E-state index in [1.165, 1.54) is 4.68 Å². The lowest BCUT2D eigenvalue weighted by Crippen LogP contribution is -2.40. The lowest BCUT2D eigenvalue weighted by Gasteiger charge is -2.22. The van der Waals surface area contributed by atoms with E-state index in [0.29, 0.717) is 16.8 Å². The van der Waals surface area contributed by atoms with E-state index in [4.69, 9.17) is 4.74 Å². The molecule has 0 aromatic carbocycles. The first kappa shape index (κ1) is 15.7. The normalized spacial score (nSPS) is 12.9. The van der Waals surface area contributed by atoms with Crippen LogP contribution >= 0.6 is 15.9 Å². The van der Waals surface area contributed by atoms with Gasteiger partial charge in [-0.1, -0.05) is 0 Å². The van der Waals surface area contributed by atoms with E-state index in [9.17, 15) is 9.59 Å². The molecule has 0 aliphatic heterocycles. The lowest BCUT2D eigenvalue weighted by molar-refractivity contribution is 0.0503. The molecule has 7 heteroatoms. The molecule has 1 heterocycles. The zero-order valence-corrected chi connectivity index (χ0v) is 13.0. The molecule has 1 amide bonds. The predicted molar refractivity (Wildman–Crippen MR) is 74.1 cm³/mol. The summed E-state index contributed by atoms with van der Waals surface area (Å²) in [6.45, 7) is 7.60. The Labute approximate surface area is 120 Å². The highest BCUT2D eigenvalue weighted by Crippen LogP contribution is 2.10. The van der Waals surface area contributed by atoms with Crippen molar-refractivity contribution in [3.8, 4) is 0 Å². The zero-order chi connectivity index (χ0) is 14.6. The summed E-state index contributed by atoms with van der Waals surface area (Å²) in [4.78, 5) is 22.4. The fourth-order valence-corrected chi connectivity index (χ4v) is 1.88. The van der Waals surface area contributed by atoms with Gasteiger partial charge in [0.2, 0.25) is 0 Å². The molecule has 1 aromatic rings. The van der Waals surface area contributed by atoms with Gasteiger partial charge in [0.25, 0.3) is 0 Å². The third-order valence-electron chi connectivity index (χ3n) is 2.11. The van der Waals surface area contributed by atoms with Gasteiger partial charge in [-0.2, -0.15) is 5.10 Å². The number of amides is 1. The average Bonchev–Trinajstić information content (AvgIpc) is 2.55. The number of hydrogen-bond acceptors (Lipinski definition) is 4. The molecule has 0 spiro atoms. The van der Waals surface area contributed by atoms with Crippen LogP contribution in [0.5, 0.6) is 0 Å². The Bertz CT molecular complexity index is 465. The third-order valence-corrected chi connectivity index (χ3v) is 2.50. The molecular weight excluding hydrogens is 314 g/mol. The van der Waals surface area contributed by atoms with Crippen molar-refractivity contribution in [2.24, 2.45) is 0 Å². The van der Waals surface area contributed by atoms with Crippen LogP contribution in [0.25, 0.3) is 0 Å². The van der Waals surface area contributed by atoms with E-state index in [2.05, 4.69) is 26.3 Å². The molecule has 0 aliphatic rings. The number of aldehydes is 1. The van der Waals surface area contributed by atoms with Crippen LogP contribution in [-0.2, 0) is 11.3 Å². The van der Waals surface area contributed by atoms with E-state index >= 15 is 0 Å². The number of alkyl carbamates (subject to hydrolysis) is 1. The number of nitrogens with one attached hydrogen (secondary N) is 1. The monoisotopic (exact) mass is 331 g/mol. The largest absolute Gasteiger partial charge is 0.444 e. The second kappa shape index (κ2) is 6.18. The summed E-state index contributed by atoms with van der Waals surface area (Å²) in [5, 5.41) is 6.81. The Balaban J connectivity index is 2.57. The standard InChI is InChI=1S/C12H18BrN3O3/c1-8(14-11(18)19-12(2,3)4)6-16-9(7-17)5-10(13)15-16/h5,7-8H,6H2,1-4H3,(H,14,18)/t8-/m0/s1. The van der Waals surface area contributed by atoms with Gasteiger partial charge in [-0.25, -0.2) is 4.79 Å². The highest BCUT2D eigenvalue weighted by molar-refractivity contribution is 9.10. The number of carbonyl (C=O) groups is 2. The first-order valence-electron chi connectivity index (χ1n) is 5.89. The fraction of sp³-hybridized carbons (Fsp3) is 0.583. The minimum Gasteiger partial charge on any atom is -0.444 e. The van der Waals surface area contributed by atoms with E-state index < -0.39 is 11.7 Å². The van der Waals surface area contributed by atoms with Gasteiger partial charge < -0.3 is 10.1 Å². The van der Waals surface area contributed by atoms with Gasteiger partial charge in [0.1, 0.15) is 15.9 Å². The SMILES string of the molecule is C[C@@H](Cn1nc(Br)cc1C=O)NC(=O)OC(C)(C)C. The summed E-state index contributed by atoms with van der Waals surface area (Å²) in [5.41, 5.74) is -0.0864. The molecule has 0 saturated heterocycles. The van der Waals surface area contributed by atoms with E-state index in [-0.39, 0.29) is 6.04 Å². The quantitative estimate of drug-likeness (QED) is 0.859. The van der Waals surface area contributed by atoms with Crippen LogP contribution in [0, 0.1) is 0 Å². The van der Waals surface area contributed by atoms with Crippen molar-refractivity contribution in [2.45, 2.75) is 45.9 Å². The topological polar surface area (TPSA) is 73.2 Å². The Morgan fingerprint density at radius 3 is 2.79 bits per heavy atom. The molecule has 0 aliphatic carbocycles. The van der Waals surface area contributed by atoms with E-state index in [1.54, 1.807) is 26.8 Å². The summed E-state index contributed by atoms with van der Waals surface area (Å²) in [6, 6.07) is 1.41. The molecule has 0 radical (unpaired) electrons. The van der Waals surface area contributed by atoms with Crippen LogP contribution in [0.4, 0.5) is 4.79 Å². The van der Waals surface area contributed by atoms with E-state index in [0.717, 1.165) is 6.29 Å². The van der Waals surface area contributed by atoms with Crippen LogP contribution in [0.15, 0.2) is 10.7 Å². The Morgan fingerprint density at radius 2 is 2.26 bits per heavy atom. The molecule has 0 fully saturated rings. The third kappa shape index (κ3) is 5.42. The maximum Gasteiger partial charge on any atom is 0.407 e. The first-order chi connectivity index (χ1) is 8.71. The molecule has 1 rings (SSSR count). The molecular formula is C12H18BrN3O3. The van der Waals surface area contributed by atoms with Crippen molar-refractivity contribution < 1.29 is 14.3 Å². The van der Waals surface area contributed by atoms with Crippen molar-refractivity contribution in [2.75, 3.05) is 0 Å². The number of carbonyl (C=O) groups excluding carboxylic acids is 2. The minimum absolute atomic E-state index is 0.208. The van der Waals surface area contributed by atoms with Crippen molar-refractivity contribution >= 4 is 28.3 Å². The average molecular weight is 332 g/mol. The highest BCUT2D eigenvalue weighted by atomic mass is 79.9. The van der Waals surface area contributed by atoms with E-state index in [1.807, 2.05) is 6.92 Å². The Morgan fingerprint density at radius 1 is 1.63 bits per heavy atom. The zero-order valence-electron chi connectivity index (χ0n) is 11.4.